The molecule has 0 unspecified atom stereocenters. The molecule has 2 aliphatic rings. The van der Waals surface area contributed by atoms with Crippen molar-refractivity contribution in [3.8, 4) is 10.6 Å². The predicted octanol–water partition coefficient (Wildman–Crippen LogP) is 2.71. The summed E-state index contributed by atoms with van der Waals surface area (Å²) >= 11 is 1.76. The van der Waals surface area contributed by atoms with Crippen LogP contribution in [0.15, 0.2) is 23.7 Å². The zero-order valence-corrected chi connectivity index (χ0v) is 13.0. The zero-order chi connectivity index (χ0) is 14.1. The maximum absolute atomic E-state index is 4.21. The fourth-order valence-electron chi connectivity index (χ4n) is 3.29. The van der Waals surface area contributed by atoms with E-state index < -0.39 is 0 Å². The number of hydrogen-bond acceptors (Lipinski definition) is 4. The second kappa shape index (κ2) is 5.91. The Hall–Kier alpha value is -1.17. The minimum Gasteiger partial charge on any atom is -0.312 e. The first kappa shape index (κ1) is 13.5. The molecule has 0 spiro atoms. The average Bonchev–Trinajstić information content (AvgIpc) is 2.95. The first-order chi connectivity index (χ1) is 10.4. The summed E-state index contributed by atoms with van der Waals surface area (Å²) in [4.78, 5) is 3.95. The molecular weight excluding hydrogens is 280 g/mol. The Labute approximate surface area is 129 Å². The van der Waals surface area contributed by atoms with Gasteiger partial charge >= 0.3 is 0 Å². The number of likely N-dealkylation sites (tertiary alicyclic amines) is 1. The number of aromatic nitrogens is 2. The van der Waals surface area contributed by atoms with Gasteiger partial charge in [0.05, 0.1) is 16.8 Å². The van der Waals surface area contributed by atoms with Crippen LogP contribution >= 0.6 is 11.3 Å². The van der Waals surface area contributed by atoms with Gasteiger partial charge in [-0.05, 0) is 49.7 Å². The van der Waals surface area contributed by atoms with Crippen molar-refractivity contribution in [3.63, 3.8) is 0 Å². The largest absolute Gasteiger partial charge is 0.312 e. The van der Waals surface area contributed by atoms with Gasteiger partial charge in [-0.15, -0.1) is 11.3 Å². The first-order valence-electron chi connectivity index (χ1n) is 7.91. The molecule has 4 nitrogen and oxygen atoms in total. The van der Waals surface area contributed by atoms with Crippen molar-refractivity contribution in [3.05, 3.63) is 29.3 Å². The predicted molar refractivity (Wildman–Crippen MR) is 86.3 cm³/mol. The number of nitrogens with zero attached hydrogens (tertiary/aromatic N) is 2. The minimum atomic E-state index is 0.822. The van der Waals surface area contributed by atoms with E-state index >= 15 is 0 Å². The second-order valence-electron chi connectivity index (χ2n) is 6.26. The van der Waals surface area contributed by atoms with Gasteiger partial charge in [0.15, 0.2) is 0 Å². The smallest absolute Gasteiger partial charge is 0.0794 e. The van der Waals surface area contributed by atoms with Crippen molar-refractivity contribution >= 4 is 11.3 Å². The highest BCUT2D eigenvalue weighted by Gasteiger charge is 2.33. The van der Waals surface area contributed by atoms with E-state index in [9.17, 15) is 0 Å². The minimum absolute atomic E-state index is 0.822. The molecule has 4 rings (SSSR count). The lowest BCUT2D eigenvalue weighted by atomic mass is 10.1. The number of thiophene rings is 1. The highest BCUT2D eigenvalue weighted by molar-refractivity contribution is 7.13. The molecule has 2 N–H and O–H groups in total. The maximum Gasteiger partial charge on any atom is 0.0794 e. The molecule has 1 atom stereocenters. The maximum atomic E-state index is 4.21. The number of H-pyrrole nitrogens is 1. The van der Waals surface area contributed by atoms with E-state index in [1.807, 2.05) is 6.20 Å². The molecule has 2 aromatic heterocycles. The monoisotopic (exact) mass is 302 g/mol. The van der Waals surface area contributed by atoms with E-state index in [1.54, 1.807) is 11.3 Å². The fraction of sp³-hybridized carbons (Fsp3) is 0.562. The zero-order valence-electron chi connectivity index (χ0n) is 12.2. The Balaban J connectivity index is 1.29. The van der Waals surface area contributed by atoms with Crippen LogP contribution in [0.2, 0.25) is 0 Å². The van der Waals surface area contributed by atoms with Crippen molar-refractivity contribution in [2.24, 2.45) is 5.92 Å². The van der Waals surface area contributed by atoms with Crippen molar-refractivity contribution in [2.45, 2.75) is 31.8 Å². The molecule has 3 heterocycles. The standard InChI is InChI=1S/C16H22N4S/c1-2-15(21-7-1)16-13(10-18-19-16)9-17-8-12-5-6-20(11-12)14-3-4-14/h1-2,7,10,12,14,17H,3-6,8-9,11H2,(H,18,19)/t12-/m1/s1. The molecule has 112 valence electrons. The highest BCUT2D eigenvalue weighted by Crippen LogP contribution is 2.31. The number of aromatic amines is 1. The third kappa shape index (κ3) is 3.05. The van der Waals surface area contributed by atoms with Gasteiger partial charge in [0, 0.05) is 24.7 Å². The Kier molecular flexibility index (Phi) is 3.80. The fourth-order valence-corrected chi connectivity index (χ4v) is 4.05. The molecule has 21 heavy (non-hydrogen) atoms. The van der Waals surface area contributed by atoms with Gasteiger partial charge in [-0.2, -0.15) is 5.10 Å². The third-order valence-corrected chi connectivity index (χ3v) is 5.50. The Morgan fingerprint density at radius 2 is 2.33 bits per heavy atom. The topological polar surface area (TPSA) is 44.0 Å². The molecule has 0 radical (unpaired) electrons. The molecule has 0 amide bonds. The Bertz CT molecular complexity index is 573. The quantitative estimate of drug-likeness (QED) is 0.862. The van der Waals surface area contributed by atoms with Crippen molar-refractivity contribution in [1.29, 1.82) is 0 Å². The van der Waals surface area contributed by atoms with Crippen LogP contribution in [0.5, 0.6) is 0 Å². The molecule has 1 saturated heterocycles. The molecule has 1 saturated carbocycles. The molecule has 1 aliphatic carbocycles. The van der Waals surface area contributed by atoms with Crippen LogP contribution in [0, 0.1) is 5.92 Å². The van der Waals surface area contributed by atoms with Crippen LogP contribution in [-0.4, -0.2) is 40.8 Å². The Morgan fingerprint density at radius 3 is 3.14 bits per heavy atom. The van der Waals surface area contributed by atoms with E-state index in [0.717, 1.165) is 25.0 Å². The summed E-state index contributed by atoms with van der Waals surface area (Å²) < 4.78 is 0. The van der Waals surface area contributed by atoms with Gasteiger partial charge < -0.3 is 10.2 Å². The summed E-state index contributed by atoms with van der Waals surface area (Å²) in [5.41, 5.74) is 2.44. The number of hydrogen-bond donors (Lipinski definition) is 2. The van der Waals surface area contributed by atoms with Crippen LogP contribution in [0.3, 0.4) is 0 Å². The number of rotatable bonds is 6. The van der Waals surface area contributed by atoms with Crippen LogP contribution in [0.1, 0.15) is 24.8 Å². The third-order valence-electron chi connectivity index (χ3n) is 4.61. The lowest BCUT2D eigenvalue weighted by Crippen LogP contribution is -2.27. The first-order valence-corrected chi connectivity index (χ1v) is 8.79. The van der Waals surface area contributed by atoms with Gasteiger partial charge in [0.25, 0.3) is 0 Å². The van der Waals surface area contributed by atoms with Gasteiger partial charge in [-0.25, -0.2) is 0 Å². The van der Waals surface area contributed by atoms with Gasteiger partial charge in [0.2, 0.25) is 0 Å². The summed E-state index contributed by atoms with van der Waals surface area (Å²) in [6.45, 7) is 4.63. The number of nitrogens with one attached hydrogen (secondary N) is 2. The van der Waals surface area contributed by atoms with Crippen molar-refractivity contribution < 1.29 is 0 Å². The van der Waals surface area contributed by atoms with E-state index in [2.05, 4.69) is 37.9 Å². The van der Waals surface area contributed by atoms with Crippen molar-refractivity contribution in [2.75, 3.05) is 19.6 Å². The molecule has 1 aliphatic heterocycles. The molecule has 0 bridgehead atoms. The molecule has 2 fully saturated rings. The highest BCUT2D eigenvalue weighted by atomic mass is 32.1. The van der Waals surface area contributed by atoms with Crippen LogP contribution in [0.4, 0.5) is 0 Å². The molecular formula is C16H22N4S. The molecule has 2 aromatic rings. The van der Waals surface area contributed by atoms with Crippen LogP contribution in [-0.2, 0) is 6.54 Å². The van der Waals surface area contributed by atoms with E-state index in [0.29, 0.717) is 0 Å². The summed E-state index contributed by atoms with van der Waals surface area (Å²) in [5.74, 6) is 0.822. The van der Waals surface area contributed by atoms with E-state index in [-0.39, 0.29) is 0 Å². The normalized spacial score (nSPS) is 23.0. The van der Waals surface area contributed by atoms with Gasteiger partial charge in [-0.3, -0.25) is 5.10 Å². The van der Waals surface area contributed by atoms with Crippen molar-refractivity contribution in [1.82, 2.24) is 20.4 Å². The average molecular weight is 302 g/mol. The lowest BCUT2D eigenvalue weighted by molar-refractivity contribution is 0.312. The molecule has 0 aromatic carbocycles. The van der Waals surface area contributed by atoms with Gasteiger partial charge in [0.1, 0.15) is 0 Å². The van der Waals surface area contributed by atoms with E-state index in [1.165, 1.54) is 48.5 Å². The van der Waals surface area contributed by atoms with Crippen LogP contribution in [0.25, 0.3) is 10.6 Å². The summed E-state index contributed by atoms with van der Waals surface area (Å²) in [5, 5.41) is 13.1. The summed E-state index contributed by atoms with van der Waals surface area (Å²) in [6.07, 6.45) is 6.17. The lowest BCUT2D eigenvalue weighted by Gasteiger charge is -2.15. The Morgan fingerprint density at radius 1 is 1.38 bits per heavy atom. The second-order valence-corrected chi connectivity index (χ2v) is 7.21. The molecule has 5 heteroatoms. The summed E-state index contributed by atoms with van der Waals surface area (Å²) in [7, 11) is 0. The van der Waals surface area contributed by atoms with E-state index in [4.69, 9.17) is 0 Å². The summed E-state index contributed by atoms with van der Waals surface area (Å²) in [6, 6.07) is 5.16. The SMILES string of the molecule is c1csc(-c2[nH]ncc2CNC[C@H]2CCN(C3CC3)C2)c1. The van der Waals surface area contributed by atoms with Gasteiger partial charge in [-0.1, -0.05) is 6.07 Å². The van der Waals surface area contributed by atoms with Crippen LogP contribution < -0.4 is 5.32 Å².